The Balaban J connectivity index is 1.55. The van der Waals surface area contributed by atoms with Crippen molar-refractivity contribution in [1.29, 1.82) is 0 Å². The van der Waals surface area contributed by atoms with E-state index in [-0.39, 0.29) is 17.9 Å². The molecule has 1 aliphatic carbocycles. The topological polar surface area (TPSA) is 67.8 Å². The van der Waals surface area contributed by atoms with Crippen LogP contribution in [0.3, 0.4) is 0 Å². The van der Waals surface area contributed by atoms with Crippen LogP contribution in [0.2, 0.25) is 0 Å². The van der Waals surface area contributed by atoms with Crippen LogP contribution in [0.5, 0.6) is 0 Å². The first kappa shape index (κ1) is 23.7. The molecule has 0 spiro atoms. The average Bonchev–Trinajstić information content (AvgIpc) is 3.32. The Labute approximate surface area is 218 Å². The molecule has 2 heterocycles. The van der Waals surface area contributed by atoms with E-state index in [1.54, 1.807) is 0 Å². The van der Waals surface area contributed by atoms with Crippen LogP contribution in [0.15, 0.2) is 96.0 Å². The van der Waals surface area contributed by atoms with Crippen molar-refractivity contribution in [2.24, 2.45) is 21.2 Å². The fourth-order valence-corrected chi connectivity index (χ4v) is 7.29. The summed E-state index contributed by atoms with van der Waals surface area (Å²) in [5.74, 6) is 0.224. The van der Waals surface area contributed by atoms with E-state index in [2.05, 4.69) is 48.6 Å². The summed E-state index contributed by atoms with van der Waals surface area (Å²) in [5.41, 5.74) is 0.259. The Morgan fingerprint density at radius 1 is 0.676 bits per heavy atom. The van der Waals surface area contributed by atoms with Crippen LogP contribution >= 0.6 is 0 Å². The van der Waals surface area contributed by atoms with Crippen LogP contribution < -0.4 is 5.32 Å². The molecule has 5 heteroatoms. The first-order chi connectivity index (χ1) is 17.7. The predicted octanol–water partition coefficient (Wildman–Crippen LogP) is 5.96. The van der Waals surface area contributed by atoms with Gasteiger partial charge in [0.25, 0.3) is 0 Å². The van der Waals surface area contributed by atoms with Gasteiger partial charge in [-0.25, -0.2) is 4.99 Å². The van der Waals surface area contributed by atoms with Crippen molar-refractivity contribution >= 4 is 17.7 Å². The molecule has 4 atom stereocenters. The minimum atomic E-state index is -0.886. The first-order valence-electron chi connectivity index (χ1n) is 13.0. The van der Waals surface area contributed by atoms with Gasteiger partial charge in [-0.2, -0.15) is 0 Å². The molecule has 2 amide bonds. The summed E-state index contributed by atoms with van der Waals surface area (Å²) >= 11 is 0. The zero-order valence-electron chi connectivity index (χ0n) is 21.5. The normalized spacial score (nSPS) is 32.3. The zero-order valence-corrected chi connectivity index (χ0v) is 21.5. The number of fused-ring (bicyclic) bond motifs is 2. The highest BCUT2D eigenvalue weighted by Gasteiger charge is 2.63. The molecule has 1 saturated heterocycles. The molecule has 0 aromatic heterocycles. The zero-order chi connectivity index (χ0) is 25.9. The lowest BCUT2D eigenvalue weighted by Gasteiger charge is -2.53. The maximum absolute atomic E-state index is 13.0. The number of ether oxygens (including phenoxy) is 1. The van der Waals surface area contributed by atoms with Gasteiger partial charge in [-0.15, -0.1) is 0 Å². The molecule has 188 valence electrons. The van der Waals surface area contributed by atoms with Gasteiger partial charge in [-0.1, -0.05) is 112 Å². The highest BCUT2D eigenvalue weighted by atomic mass is 16.5. The number of amides is 2. The van der Waals surface area contributed by atoms with Crippen molar-refractivity contribution in [2.75, 3.05) is 0 Å². The maximum Gasteiger partial charge on any atom is 0.232 e. The molecule has 6 rings (SSSR count). The summed E-state index contributed by atoms with van der Waals surface area (Å²) in [6, 6.07) is 30.4. The summed E-state index contributed by atoms with van der Waals surface area (Å²) in [6.07, 6.45) is 1.67. The second-order valence-electron chi connectivity index (χ2n) is 11.8. The number of nitrogens with zero attached hydrogens (tertiary/aromatic N) is 1. The Morgan fingerprint density at radius 2 is 1.11 bits per heavy atom. The lowest BCUT2D eigenvalue weighted by molar-refractivity contribution is -0.159. The van der Waals surface area contributed by atoms with Crippen molar-refractivity contribution in [3.05, 3.63) is 108 Å². The highest BCUT2D eigenvalue weighted by molar-refractivity contribution is 6.04. The van der Waals surface area contributed by atoms with Crippen LogP contribution in [0.4, 0.5) is 0 Å². The van der Waals surface area contributed by atoms with E-state index in [4.69, 9.17) is 9.73 Å². The third kappa shape index (κ3) is 3.55. The molecule has 3 aliphatic rings. The summed E-state index contributed by atoms with van der Waals surface area (Å²) < 4.78 is 7.16. The summed E-state index contributed by atoms with van der Waals surface area (Å²) in [4.78, 5) is 31.4. The van der Waals surface area contributed by atoms with Gasteiger partial charge < -0.3 is 4.74 Å². The van der Waals surface area contributed by atoms with E-state index >= 15 is 0 Å². The Kier molecular flexibility index (Phi) is 5.20. The van der Waals surface area contributed by atoms with Gasteiger partial charge in [0.15, 0.2) is 11.5 Å². The third-order valence-electron chi connectivity index (χ3n) is 8.59. The molecule has 5 nitrogen and oxygen atoms in total. The third-order valence-corrected chi connectivity index (χ3v) is 8.59. The number of nitrogens with one attached hydrogen (secondary N) is 1. The molecule has 1 N–H and O–H groups in total. The molecule has 2 fully saturated rings. The lowest BCUT2D eigenvalue weighted by Crippen LogP contribution is -2.63. The van der Waals surface area contributed by atoms with E-state index in [9.17, 15) is 9.59 Å². The number of carbonyl (C=O) groups excluding carboxylic acids is 2. The number of hydrogen-bond donors (Lipinski definition) is 1. The molecular formula is C32H32N2O3. The lowest BCUT2D eigenvalue weighted by atomic mass is 9.52. The van der Waals surface area contributed by atoms with Gasteiger partial charge in [-0.3, -0.25) is 14.9 Å². The minimum absolute atomic E-state index is 0.198. The van der Waals surface area contributed by atoms with E-state index in [1.807, 2.05) is 68.4 Å². The quantitative estimate of drug-likeness (QED) is 0.457. The van der Waals surface area contributed by atoms with E-state index in [0.717, 1.165) is 16.7 Å². The van der Waals surface area contributed by atoms with Gasteiger partial charge in [0, 0.05) is 27.4 Å². The van der Waals surface area contributed by atoms with Crippen LogP contribution in [0, 0.1) is 16.2 Å². The van der Waals surface area contributed by atoms with Crippen LogP contribution in [0.1, 0.15) is 62.8 Å². The number of aliphatic imine (C=N–C) groups is 1. The van der Waals surface area contributed by atoms with Gasteiger partial charge in [-0.05, 0) is 24.8 Å². The monoisotopic (exact) mass is 492 g/mol. The van der Waals surface area contributed by atoms with Crippen molar-refractivity contribution in [3.63, 3.8) is 0 Å². The van der Waals surface area contributed by atoms with Crippen LogP contribution in [0.25, 0.3) is 0 Å². The van der Waals surface area contributed by atoms with E-state index in [0.29, 0.717) is 25.2 Å². The Hall–Kier alpha value is -3.73. The second-order valence-corrected chi connectivity index (χ2v) is 11.8. The Bertz CT molecular complexity index is 1320. The number of benzene rings is 3. The number of piperidine rings is 1. The van der Waals surface area contributed by atoms with Gasteiger partial charge in [0.2, 0.25) is 11.8 Å². The highest BCUT2D eigenvalue weighted by Crippen LogP contribution is 2.60. The first-order valence-corrected chi connectivity index (χ1v) is 13.0. The van der Waals surface area contributed by atoms with E-state index < -0.39 is 21.8 Å². The molecule has 37 heavy (non-hydrogen) atoms. The number of rotatable bonds is 4. The predicted molar refractivity (Wildman–Crippen MR) is 143 cm³/mol. The standard InChI is InChI=1S/C32H32N2O3/c1-29-19-30(2,27(36)34-26(29)35)21-31(3,20-29)28-33-25(22-13-7-4-8-14-22)32(37-28,23-15-9-5-10-16-23)24-17-11-6-12-18-24/h4-18,25H,19-21H2,1-3H3,(H,34,35,36)/t25-,29-,30+,31?/m1/s1. The number of hydrogen-bond acceptors (Lipinski definition) is 4. The summed E-state index contributed by atoms with van der Waals surface area (Å²) in [6.45, 7) is 6.05. The largest absolute Gasteiger partial charge is 0.462 e. The van der Waals surface area contributed by atoms with Crippen molar-refractivity contribution in [2.45, 2.75) is 51.7 Å². The summed E-state index contributed by atoms with van der Waals surface area (Å²) in [5, 5.41) is 2.63. The number of imide groups is 1. The van der Waals surface area contributed by atoms with Crippen molar-refractivity contribution < 1.29 is 14.3 Å². The molecular weight excluding hydrogens is 460 g/mol. The smallest absolute Gasteiger partial charge is 0.232 e. The molecule has 3 aromatic rings. The second kappa shape index (κ2) is 8.14. The number of carbonyl (C=O) groups is 2. The fourth-order valence-electron chi connectivity index (χ4n) is 7.29. The van der Waals surface area contributed by atoms with Crippen molar-refractivity contribution in [1.82, 2.24) is 5.32 Å². The van der Waals surface area contributed by atoms with Crippen LogP contribution in [-0.4, -0.2) is 17.7 Å². The minimum Gasteiger partial charge on any atom is -0.462 e. The maximum atomic E-state index is 13.0. The summed E-state index contributed by atoms with van der Waals surface area (Å²) in [7, 11) is 0. The van der Waals surface area contributed by atoms with Gasteiger partial charge >= 0.3 is 0 Å². The molecule has 1 saturated carbocycles. The molecule has 2 aliphatic heterocycles. The van der Waals surface area contributed by atoms with Gasteiger partial charge in [0.1, 0.15) is 6.04 Å². The molecule has 0 radical (unpaired) electrons. The van der Waals surface area contributed by atoms with Crippen molar-refractivity contribution in [3.8, 4) is 0 Å². The molecule has 2 bridgehead atoms. The van der Waals surface area contributed by atoms with Gasteiger partial charge in [0.05, 0.1) is 0 Å². The van der Waals surface area contributed by atoms with Crippen LogP contribution in [-0.2, 0) is 19.9 Å². The van der Waals surface area contributed by atoms with E-state index in [1.165, 1.54) is 0 Å². The molecule has 3 aromatic carbocycles. The fraction of sp³-hybridized carbons (Fsp3) is 0.344. The molecule has 1 unspecified atom stereocenters. The SMILES string of the molecule is CC1(C2=N[C@H](c3ccccc3)C(c3ccccc3)(c3ccccc3)O2)C[C@@]2(C)C[C@@](C)(C1)C(=O)NC2=O. The Morgan fingerprint density at radius 3 is 1.59 bits per heavy atom. The average molecular weight is 493 g/mol.